The molecular weight excluding hydrogens is 264 g/mol. The first kappa shape index (κ1) is 17.5. The van der Waals surface area contributed by atoms with Gasteiger partial charge in [0, 0.05) is 31.9 Å². The zero-order valence-corrected chi connectivity index (χ0v) is 13.6. The molecule has 0 spiro atoms. The Morgan fingerprint density at radius 1 is 1.29 bits per heavy atom. The number of anilines is 1. The molecular formula is C16H28N4O. The van der Waals surface area contributed by atoms with Gasteiger partial charge in [0.2, 0.25) is 0 Å². The molecule has 0 aliphatic heterocycles. The summed E-state index contributed by atoms with van der Waals surface area (Å²) in [5.41, 5.74) is 7.43. The Morgan fingerprint density at radius 3 is 2.57 bits per heavy atom. The predicted molar refractivity (Wildman–Crippen MR) is 88.3 cm³/mol. The first-order chi connectivity index (χ1) is 9.92. The van der Waals surface area contributed by atoms with Crippen LogP contribution in [0.5, 0.6) is 0 Å². The van der Waals surface area contributed by atoms with Crippen LogP contribution >= 0.6 is 0 Å². The first-order valence-electron chi connectivity index (χ1n) is 7.42. The number of nitrogens with zero attached hydrogens (tertiary/aromatic N) is 2. The van der Waals surface area contributed by atoms with E-state index in [4.69, 9.17) is 5.73 Å². The van der Waals surface area contributed by atoms with E-state index in [1.165, 1.54) is 0 Å². The minimum Gasteiger partial charge on any atom is -0.326 e. The number of nitrogens with two attached hydrogens (primary N) is 1. The maximum absolute atomic E-state index is 12.4. The lowest BCUT2D eigenvalue weighted by molar-refractivity contribution is 0.197. The molecule has 0 aliphatic carbocycles. The van der Waals surface area contributed by atoms with Crippen LogP contribution < -0.4 is 11.1 Å². The summed E-state index contributed by atoms with van der Waals surface area (Å²) in [7, 11) is 4.02. The maximum Gasteiger partial charge on any atom is 0.321 e. The topological polar surface area (TPSA) is 61.6 Å². The van der Waals surface area contributed by atoms with Crippen molar-refractivity contribution in [1.82, 2.24) is 9.80 Å². The van der Waals surface area contributed by atoms with Crippen molar-refractivity contribution in [2.75, 3.05) is 39.0 Å². The van der Waals surface area contributed by atoms with Crippen LogP contribution in [0.1, 0.15) is 19.4 Å². The largest absolute Gasteiger partial charge is 0.326 e. The highest BCUT2D eigenvalue weighted by Crippen LogP contribution is 2.11. The van der Waals surface area contributed by atoms with Crippen molar-refractivity contribution in [3.8, 4) is 0 Å². The summed E-state index contributed by atoms with van der Waals surface area (Å²) in [4.78, 5) is 16.4. The standard InChI is InChI=1S/C16H28N4O/c1-13(2)12-20(9-8-19(3)4)16(21)18-15-7-5-6-14(10-15)11-17/h5-7,10,13H,8-9,11-12,17H2,1-4H3,(H,18,21). The molecule has 1 rings (SSSR count). The van der Waals surface area contributed by atoms with Crippen molar-refractivity contribution in [3.05, 3.63) is 29.8 Å². The van der Waals surface area contributed by atoms with Crippen LogP contribution in [0.25, 0.3) is 0 Å². The van der Waals surface area contributed by atoms with Crippen molar-refractivity contribution < 1.29 is 4.79 Å². The Hall–Kier alpha value is -1.59. The smallest absolute Gasteiger partial charge is 0.321 e. The number of hydrogen-bond acceptors (Lipinski definition) is 3. The van der Waals surface area contributed by atoms with E-state index in [0.717, 1.165) is 24.3 Å². The van der Waals surface area contributed by atoms with Crippen molar-refractivity contribution in [2.24, 2.45) is 11.7 Å². The summed E-state index contributed by atoms with van der Waals surface area (Å²) in [5.74, 6) is 0.438. The van der Waals surface area contributed by atoms with Crippen molar-refractivity contribution in [1.29, 1.82) is 0 Å². The van der Waals surface area contributed by atoms with Gasteiger partial charge in [0.05, 0.1) is 0 Å². The minimum atomic E-state index is -0.0558. The van der Waals surface area contributed by atoms with E-state index < -0.39 is 0 Å². The lowest BCUT2D eigenvalue weighted by Crippen LogP contribution is -2.41. The molecule has 21 heavy (non-hydrogen) atoms. The van der Waals surface area contributed by atoms with E-state index in [9.17, 15) is 4.79 Å². The van der Waals surface area contributed by atoms with E-state index in [1.807, 2.05) is 43.3 Å². The van der Waals surface area contributed by atoms with E-state index in [-0.39, 0.29) is 6.03 Å². The van der Waals surface area contributed by atoms with E-state index >= 15 is 0 Å². The Morgan fingerprint density at radius 2 is 2.00 bits per heavy atom. The number of urea groups is 1. The molecule has 0 aromatic heterocycles. The highest BCUT2D eigenvalue weighted by Gasteiger charge is 2.15. The third-order valence-electron chi connectivity index (χ3n) is 3.10. The van der Waals surface area contributed by atoms with Crippen LogP contribution in [0.2, 0.25) is 0 Å². The van der Waals surface area contributed by atoms with Gasteiger partial charge < -0.3 is 20.9 Å². The zero-order valence-electron chi connectivity index (χ0n) is 13.6. The summed E-state index contributed by atoms with van der Waals surface area (Å²) >= 11 is 0. The molecule has 0 aliphatic rings. The van der Waals surface area contributed by atoms with E-state index in [2.05, 4.69) is 24.1 Å². The van der Waals surface area contributed by atoms with Gasteiger partial charge in [-0.15, -0.1) is 0 Å². The van der Waals surface area contributed by atoms with Crippen LogP contribution in [0.4, 0.5) is 10.5 Å². The summed E-state index contributed by atoms with van der Waals surface area (Å²) < 4.78 is 0. The molecule has 0 heterocycles. The molecule has 0 saturated carbocycles. The number of carbonyl (C=O) groups excluding carboxylic acids is 1. The molecule has 2 amide bonds. The van der Waals surface area contributed by atoms with Crippen LogP contribution in [-0.4, -0.2) is 49.6 Å². The van der Waals surface area contributed by atoms with Gasteiger partial charge in [0.1, 0.15) is 0 Å². The molecule has 1 aromatic carbocycles. The quantitative estimate of drug-likeness (QED) is 0.810. The highest BCUT2D eigenvalue weighted by molar-refractivity contribution is 5.89. The molecule has 118 valence electrons. The second-order valence-corrected chi connectivity index (χ2v) is 5.98. The average molecular weight is 292 g/mol. The van der Waals surface area contributed by atoms with Crippen molar-refractivity contribution >= 4 is 11.7 Å². The Labute approximate surface area is 128 Å². The van der Waals surface area contributed by atoms with Crippen LogP contribution in [0.3, 0.4) is 0 Å². The van der Waals surface area contributed by atoms with Crippen LogP contribution in [-0.2, 0) is 6.54 Å². The Balaban J connectivity index is 2.69. The Kier molecular flexibility index (Phi) is 7.19. The number of amides is 2. The lowest BCUT2D eigenvalue weighted by Gasteiger charge is -2.26. The molecule has 3 N–H and O–H groups in total. The first-order valence-corrected chi connectivity index (χ1v) is 7.42. The fourth-order valence-electron chi connectivity index (χ4n) is 2.02. The third kappa shape index (κ3) is 6.60. The third-order valence-corrected chi connectivity index (χ3v) is 3.10. The number of hydrogen-bond donors (Lipinski definition) is 2. The Bertz CT molecular complexity index is 446. The van der Waals surface area contributed by atoms with E-state index in [0.29, 0.717) is 19.0 Å². The fraction of sp³-hybridized carbons (Fsp3) is 0.562. The maximum atomic E-state index is 12.4. The molecule has 0 bridgehead atoms. The van der Waals surface area contributed by atoms with Crippen molar-refractivity contribution in [3.63, 3.8) is 0 Å². The van der Waals surface area contributed by atoms with Gasteiger partial charge in [0.25, 0.3) is 0 Å². The van der Waals surface area contributed by atoms with Crippen LogP contribution in [0.15, 0.2) is 24.3 Å². The predicted octanol–water partition coefficient (Wildman–Crippen LogP) is 2.20. The van der Waals surface area contributed by atoms with Gasteiger partial charge in [-0.25, -0.2) is 4.79 Å². The highest BCUT2D eigenvalue weighted by atomic mass is 16.2. The fourth-order valence-corrected chi connectivity index (χ4v) is 2.02. The molecule has 1 aromatic rings. The number of benzene rings is 1. The molecule has 0 atom stereocenters. The summed E-state index contributed by atoms with van der Waals surface area (Å²) in [6.45, 7) is 7.02. The van der Waals surface area contributed by atoms with Gasteiger partial charge in [0.15, 0.2) is 0 Å². The normalized spacial score (nSPS) is 11.0. The van der Waals surface area contributed by atoms with E-state index in [1.54, 1.807) is 0 Å². The average Bonchev–Trinajstić information content (AvgIpc) is 2.43. The van der Waals surface area contributed by atoms with Crippen LogP contribution in [0, 0.1) is 5.92 Å². The van der Waals surface area contributed by atoms with Gasteiger partial charge in [-0.05, 0) is 37.7 Å². The van der Waals surface area contributed by atoms with Gasteiger partial charge >= 0.3 is 6.03 Å². The molecule has 0 saturated heterocycles. The molecule has 5 nitrogen and oxygen atoms in total. The van der Waals surface area contributed by atoms with Gasteiger partial charge in [-0.3, -0.25) is 0 Å². The second kappa shape index (κ2) is 8.64. The number of rotatable bonds is 7. The molecule has 5 heteroatoms. The monoisotopic (exact) mass is 292 g/mol. The van der Waals surface area contributed by atoms with Crippen molar-refractivity contribution in [2.45, 2.75) is 20.4 Å². The van der Waals surface area contributed by atoms with Gasteiger partial charge in [-0.1, -0.05) is 26.0 Å². The number of nitrogens with one attached hydrogen (secondary N) is 1. The molecule has 0 unspecified atom stereocenters. The molecule has 0 fully saturated rings. The second-order valence-electron chi connectivity index (χ2n) is 5.98. The summed E-state index contributed by atoms with van der Waals surface area (Å²) in [5, 5.41) is 2.96. The number of likely N-dealkylation sites (N-methyl/N-ethyl adjacent to an activating group) is 1. The minimum absolute atomic E-state index is 0.0558. The summed E-state index contributed by atoms with van der Waals surface area (Å²) in [6.07, 6.45) is 0. The zero-order chi connectivity index (χ0) is 15.8. The lowest BCUT2D eigenvalue weighted by atomic mass is 10.2. The number of carbonyl (C=O) groups is 1. The van der Waals surface area contributed by atoms with Gasteiger partial charge in [-0.2, -0.15) is 0 Å². The molecule has 0 radical (unpaired) electrons. The SMILES string of the molecule is CC(C)CN(CCN(C)C)C(=O)Nc1cccc(CN)c1. The summed E-state index contributed by atoms with van der Waals surface area (Å²) in [6, 6.07) is 7.60.